The van der Waals surface area contributed by atoms with Crippen LogP contribution in [-0.2, 0) is 0 Å². The Hall–Kier alpha value is -0.110. The molecule has 0 aromatic rings. The molecule has 0 radical (unpaired) electrons. The molecule has 19 heavy (non-hydrogen) atoms. The van der Waals surface area contributed by atoms with Gasteiger partial charge in [0.05, 0.1) is 0 Å². The first-order valence-electron chi connectivity index (χ1n) is 8.43. The predicted octanol–water partition coefficient (Wildman–Crippen LogP) is 5.72. The summed E-state index contributed by atoms with van der Waals surface area (Å²) in [5, 5.41) is 3.69. The lowest BCUT2D eigenvalue weighted by molar-refractivity contribution is 0.536. The molecule has 0 bridgehead atoms. The van der Waals surface area contributed by atoms with E-state index in [0.29, 0.717) is 0 Å². The minimum absolute atomic E-state index is 0.813. The van der Waals surface area contributed by atoms with Crippen molar-refractivity contribution in [3.8, 4) is 0 Å². The second kappa shape index (κ2) is 10.7. The molecule has 0 spiro atoms. The van der Waals surface area contributed by atoms with E-state index in [-0.39, 0.29) is 0 Å². The highest BCUT2D eigenvalue weighted by molar-refractivity contribution is 8.03. The van der Waals surface area contributed by atoms with Gasteiger partial charge in [-0.25, -0.2) is 0 Å². The van der Waals surface area contributed by atoms with E-state index in [2.05, 4.69) is 37.8 Å². The molecule has 1 aliphatic rings. The molecule has 1 rings (SSSR count). The van der Waals surface area contributed by atoms with E-state index in [1.807, 2.05) is 0 Å². The van der Waals surface area contributed by atoms with Crippen LogP contribution in [0, 0.1) is 5.92 Å². The first-order chi connectivity index (χ1) is 9.33. The van der Waals surface area contributed by atoms with E-state index in [1.165, 1.54) is 70.1 Å². The largest absolute Gasteiger partial charge is 0.387 e. The van der Waals surface area contributed by atoms with Crippen molar-refractivity contribution in [2.45, 2.75) is 78.6 Å². The van der Waals surface area contributed by atoms with E-state index in [0.717, 1.165) is 5.92 Å². The van der Waals surface area contributed by atoms with Crippen LogP contribution in [0.25, 0.3) is 0 Å². The van der Waals surface area contributed by atoms with Gasteiger partial charge < -0.3 is 5.32 Å². The molecule has 0 saturated carbocycles. The van der Waals surface area contributed by atoms with Gasteiger partial charge >= 0.3 is 0 Å². The maximum atomic E-state index is 3.69. The van der Waals surface area contributed by atoms with Gasteiger partial charge in [-0.2, -0.15) is 0 Å². The monoisotopic (exact) mass is 283 g/mol. The van der Waals surface area contributed by atoms with Gasteiger partial charge in [0.2, 0.25) is 0 Å². The van der Waals surface area contributed by atoms with Crippen LogP contribution in [0.1, 0.15) is 78.6 Å². The molecule has 0 aromatic heterocycles. The Morgan fingerprint density at radius 3 is 2.53 bits per heavy atom. The third kappa shape index (κ3) is 6.25. The lowest BCUT2D eigenvalue weighted by Gasteiger charge is -2.27. The number of thioether (sulfide) groups is 1. The molecular weight excluding hydrogens is 250 g/mol. The summed E-state index contributed by atoms with van der Waals surface area (Å²) >= 11 is 2.13. The fraction of sp³-hybridized carbons (Fsp3) is 0.882. The molecule has 1 atom stereocenters. The Labute approximate surface area is 125 Å². The highest BCUT2D eigenvalue weighted by Gasteiger charge is 2.19. The third-order valence-electron chi connectivity index (χ3n) is 4.03. The maximum absolute atomic E-state index is 3.69. The first kappa shape index (κ1) is 16.9. The molecule has 112 valence electrons. The van der Waals surface area contributed by atoms with E-state index >= 15 is 0 Å². The van der Waals surface area contributed by atoms with Crippen LogP contribution in [0.5, 0.6) is 0 Å². The van der Waals surface area contributed by atoms with Crippen LogP contribution < -0.4 is 5.32 Å². The van der Waals surface area contributed by atoms with Crippen molar-refractivity contribution in [1.82, 2.24) is 5.32 Å². The van der Waals surface area contributed by atoms with Crippen LogP contribution in [0.4, 0.5) is 0 Å². The third-order valence-corrected chi connectivity index (χ3v) is 5.33. The van der Waals surface area contributed by atoms with Crippen molar-refractivity contribution in [3.63, 3.8) is 0 Å². The van der Waals surface area contributed by atoms with Gasteiger partial charge in [-0.05, 0) is 31.6 Å². The first-order valence-corrected chi connectivity index (χ1v) is 9.41. The Kier molecular flexibility index (Phi) is 9.50. The molecule has 1 unspecified atom stereocenters. The van der Waals surface area contributed by atoms with Gasteiger partial charge in [0.1, 0.15) is 0 Å². The lowest BCUT2D eigenvalue weighted by atomic mass is 9.97. The lowest BCUT2D eigenvalue weighted by Crippen LogP contribution is -2.25. The normalized spacial score (nSPS) is 17.4. The molecule has 0 fully saturated rings. The summed E-state index contributed by atoms with van der Waals surface area (Å²) in [5.74, 6) is 2.07. The summed E-state index contributed by atoms with van der Waals surface area (Å²) in [6, 6.07) is 0. The molecule has 0 saturated heterocycles. The van der Waals surface area contributed by atoms with Gasteiger partial charge in [0.15, 0.2) is 0 Å². The van der Waals surface area contributed by atoms with Crippen molar-refractivity contribution >= 4 is 11.8 Å². The highest BCUT2D eigenvalue weighted by atomic mass is 32.2. The van der Waals surface area contributed by atoms with Gasteiger partial charge in [0, 0.05) is 22.9 Å². The average Bonchev–Trinajstić information content (AvgIpc) is 2.45. The zero-order valence-electron chi connectivity index (χ0n) is 13.3. The van der Waals surface area contributed by atoms with Gasteiger partial charge in [-0.1, -0.05) is 52.9 Å². The fourth-order valence-corrected chi connectivity index (χ4v) is 4.18. The SMILES string of the molecule is CCCCCCCC1=C(C(CC)CCC)SCCN1. The quantitative estimate of drug-likeness (QED) is 0.514. The Morgan fingerprint density at radius 1 is 1.05 bits per heavy atom. The van der Waals surface area contributed by atoms with E-state index in [1.54, 1.807) is 10.6 Å². The number of hydrogen-bond donors (Lipinski definition) is 1. The van der Waals surface area contributed by atoms with Crippen LogP contribution in [0.3, 0.4) is 0 Å². The molecule has 1 heterocycles. The highest BCUT2D eigenvalue weighted by Crippen LogP contribution is 2.35. The van der Waals surface area contributed by atoms with Crippen molar-refractivity contribution in [3.05, 3.63) is 10.6 Å². The second-order valence-corrected chi connectivity index (χ2v) is 6.81. The van der Waals surface area contributed by atoms with Crippen LogP contribution in [-0.4, -0.2) is 12.3 Å². The van der Waals surface area contributed by atoms with E-state index in [9.17, 15) is 0 Å². The molecule has 1 nitrogen and oxygen atoms in total. The molecule has 1 aliphatic heterocycles. The fourth-order valence-electron chi connectivity index (χ4n) is 2.89. The number of nitrogens with one attached hydrogen (secondary N) is 1. The predicted molar refractivity (Wildman–Crippen MR) is 89.6 cm³/mol. The van der Waals surface area contributed by atoms with E-state index in [4.69, 9.17) is 0 Å². The molecule has 1 N–H and O–H groups in total. The Balaban J connectivity index is 2.49. The zero-order chi connectivity index (χ0) is 13.9. The molecule has 0 aliphatic carbocycles. The minimum atomic E-state index is 0.813. The van der Waals surface area contributed by atoms with Crippen LogP contribution in [0.15, 0.2) is 10.6 Å². The summed E-state index contributed by atoms with van der Waals surface area (Å²) in [5.41, 5.74) is 1.59. The van der Waals surface area contributed by atoms with E-state index < -0.39 is 0 Å². The second-order valence-electron chi connectivity index (χ2n) is 5.68. The zero-order valence-corrected chi connectivity index (χ0v) is 14.1. The molecule has 0 amide bonds. The minimum Gasteiger partial charge on any atom is -0.387 e. The summed E-state index contributed by atoms with van der Waals surface area (Å²) in [4.78, 5) is 1.70. The average molecular weight is 284 g/mol. The van der Waals surface area contributed by atoms with Crippen LogP contribution in [0.2, 0.25) is 0 Å². The summed E-state index contributed by atoms with van der Waals surface area (Å²) in [6.07, 6.45) is 12.2. The Bertz CT molecular complexity index is 260. The summed E-state index contributed by atoms with van der Waals surface area (Å²) in [7, 11) is 0. The summed E-state index contributed by atoms with van der Waals surface area (Å²) in [6.45, 7) is 8.12. The number of allylic oxidation sites excluding steroid dienone is 2. The van der Waals surface area contributed by atoms with Crippen molar-refractivity contribution in [1.29, 1.82) is 0 Å². The molecule has 2 heteroatoms. The van der Waals surface area contributed by atoms with Crippen LogP contribution >= 0.6 is 11.8 Å². The van der Waals surface area contributed by atoms with Gasteiger partial charge in [0.25, 0.3) is 0 Å². The standard InChI is InChI=1S/C17H33NS/c1-4-7-8-9-10-12-16-17(19-14-13-18-16)15(6-3)11-5-2/h15,18H,4-14H2,1-3H3. The van der Waals surface area contributed by atoms with Crippen molar-refractivity contribution in [2.24, 2.45) is 5.92 Å². The molecule has 0 aromatic carbocycles. The number of rotatable bonds is 10. The summed E-state index contributed by atoms with van der Waals surface area (Å²) < 4.78 is 0. The molecular formula is C17H33NS. The van der Waals surface area contributed by atoms with Gasteiger partial charge in [-0.3, -0.25) is 0 Å². The number of unbranched alkanes of at least 4 members (excludes halogenated alkanes) is 4. The smallest absolute Gasteiger partial charge is 0.0238 e. The van der Waals surface area contributed by atoms with Gasteiger partial charge in [-0.15, -0.1) is 11.8 Å². The van der Waals surface area contributed by atoms with Crippen molar-refractivity contribution in [2.75, 3.05) is 12.3 Å². The number of hydrogen-bond acceptors (Lipinski definition) is 2. The maximum Gasteiger partial charge on any atom is 0.0238 e. The topological polar surface area (TPSA) is 12.0 Å². The Morgan fingerprint density at radius 2 is 1.84 bits per heavy atom. The van der Waals surface area contributed by atoms with Crippen molar-refractivity contribution < 1.29 is 0 Å².